The maximum Gasteiger partial charge on any atom is 0.434 e. The minimum Gasteiger partial charge on any atom is -0.481 e. The van der Waals surface area contributed by atoms with Crippen LogP contribution in [-0.2, 0) is 33.4 Å². The molecular formula is C9H12O8. The molecule has 8 heteroatoms. The van der Waals surface area contributed by atoms with Crippen LogP contribution in [0.25, 0.3) is 0 Å². The van der Waals surface area contributed by atoms with E-state index in [9.17, 15) is 19.2 Å². The minimum absolute atomic E-state index is 0.948. The number of carboxylic acid groups (broad SMARTS) is 1. The van der Waals surface area contributed by atoms with Gasteiger partial charge in [-0.3, -0.25) is 19.2 Å². The summed E-state index contributed by atoms with van der Waals surface area (Å²) < 4.78 is 13.4. The highest BCUT2D eigenvalue weighted by molar-refractivity contribution is 5.74. The standard InChI is InChI=1S/C9H12O8/c1-5(10)15-9(4-8(13)14,16-6(2)11)17-7(3)12/h4H2,1-3H3,(H,13,14). The number of hydrogen-bond acceptors (Lipinski definition) is 7. The van der Waals surface area contributed by atoms with Crippen LogP contribution in [0.5, 0.6) is 0 Å². The SMILES string of the molecule is CC(=O)OC(CC(=O)O)(OC(C)=O)OC(C)=O. The van der Waals surface area contributed by atoms with Gasteiger partial charge in [-0.15, -0.1) is 0 Å². The maximum absolute atomic E-state index is 10.8. The average molecular weight is 248 g/mol. The number of rotatable bonds is 5. The van der Waals surface area contributed by atoms with Crippen molar-refractivity contribution in [3.63, 3.8) is 0 Å². The lowest BCUT2D eigenvalue weighted by Gasteiger charge is -2.28. The van der Waals surface area contributed by atoms with Crippen LogP contribution in [0.4, 0.5) is 0 Å². The molecule has 0 amide bonds. The molecule has 0 aromatic rings. The molecular weight excluding hydrogens is 236 g/mol. The molecule has 0 radical (unpaired) electrons. The summed E-state index contributed by atoms with van der Waals surface area (Å²) in [5.41, 5.74) is 0. The molecule has 8 nitrogen and oxygen atoms in total. The Kier molecular flexibility index (Phi) is 5.10. The molecule has 0 fully saturated rings. The van der Waals surface area contributed by atoms with Crippen molar-refractivity contribution in [3.8, 4) is 0 Å². The number of hydrogen-bond donors (Lipinski definition) is 1. The quantitative estimate of drug-likeness (QED) is 0.525. The normalized spacial score (nSPS) is 10.3. The van der Waals surface area contributed by atoms with Crippen molar-refractivity contribution in [2.24, 2.45) is 0 Å². The largest absolute Gasteiger partial charge is 0.481 e. The van der Waals surface area contributed by atoms with E-state index < -0.39 is 36.3 Å². The molecule has 0 spiro atoms. The molecule has 0 aliphatic heterocycles. The van der Waals surface area contributed by atoms with Gasteiger partial charge in [0.25, 0.3) is 0 Å². The molecule has 1 N–H and O–H groups in total. The second-order valence-corrected chi connectivity index (χ2v) is 3.03. The second-order valence-electron chi connectivity index (χ2n) is 3.03. The summed E-state index contributed by atoms with van der Waals surface area (Å²) in [5, 5.41) is 8.61. The van der Waals surface area contributed by atoms with E-state index in [4.69, 9.17) is 5.11 Å². The van der Waals surface area contributed by atoms with Gasteiger partial charge < -0.3 is 19.3 Å². The Morgan fingerprint density at radius 1 is 0.882 bits per heavy atom. The van der Waals surface area contributed by atoms with Gasteiger partial charge in [-0.1, -0.05) is 0 Å². The molecule has 0 saturated heterocycles. The van der Waals surface area contributed by atoms with Gasteiger partial charge in [-0.2, -0.15) is 0 Å². The van der Waals surface area contributed by atoms with Crippen molar-refractivity contribution in [3.05, 3.63) is 0 Å². The Morgan fingerprint density at radius 2 is 1.18 bits per heavy atom. The number of ether oxygens (including phenoxy) is 3. The van der Waals surface area contributed by atoms with Crippen LogP contribution in [0.3, 0.4) is 0 Å². The molecule has 0 atom stereocenters. The molecule has 0 aromatic carbocycles. The molecule has 0 aromatic heterocycles. The van der Waals surface area contributed by atoms with E-state index in [1.54, 1.807) is 0 Å². The molecule has 0 saturated carbocycles. The Hall–Kier alpha value is -2.12. The van der Waals surface area contributed by atoms with E-state index in [1.807, 2.05) is 0 Å². The van der Waals surface area contributed by atoms with Gasteiger partial charge in [0.2, 0.25) is 0 Å². The summed E-state index contributed by atoms with van der Waals surface area (Å²) in [7, 11) is 0. The molecule has 96 valence electrons. The van der Waals surface area contributed by atoms with Crippen LogP contribution in [0.15, 0.2) is 0 Å². The van der Waals surface area contributed by atoms with Crippen LogP contribution in [-0.4, -0.2) is 35.0 Å². The molecule has 0 rings (SSSR count). The van der Waals surface area contributed by atoms with Gasteiger partial charge in [0.05, 0.1) is 0 Å². The first-order chi connectivity index (χ1) is 7.67. The third-order valence-electron chi connectivity index (χ3n) is 1.27. The number of esters is 3. The number of aliphatic carboxylic acids is 1. The summed E-state index contributed by atoms with van der Waals surface area (Å²) >= 11 is 0. The molecule has 0 heterocycles. The summed E-state index contributed by atoms with van der Waals surface area (Å²) in [6.45, 7) is 2.84. The lowest BCUT2D eigenvalue weighted by atomic mass is 10.3. The Morgan fingerprint density at radius 3 is 1.35 bits per heavy atom. The van der Waals surface area contributed by atoms with Gasteiger partial charge >= 0.3 is 29.9 Å². The van der Waals surface area contributed by atoms with Crippen molar-refractivity contribution in [2.45, 2.75) is 33.2 Å². The molecule has 0 aliphatic rings. The Bertz CT molecular complexity index is 275. The van der Waals surface area contributed by atoms with E-state index in [0.29, 0.717) is 0 Å². The fourth-order valence-corrected chi connectivity index (χ4v) is 1.01. The third kappa shape index (κ3) is 6.13. The van der Waals surface area contributed by atoms with Crippen molar-refractivity contribution >= 4 is 23.9 Å². The lowest BCUT2D eigenvalue weighted by Crippen LogP contribution is -2.45. The topological polar surface area (TPSA) is 116 Å². The minimum atomic E-state index is -2.56. The van der Waals surface area contributed by atoms with Crippen LogP contribution in [0.2, 0.25) is 0 Å². The van der Waals surface area contributed by atoms with E-state index in [0.717, 1.165) is 20.8 Å². The van der Waals surface area contributed by atoms with Crippen molar-refractivity contribution < 1.29 is 38.5 Å². The second kappa shape index (κ2) is 5.83. The molecule has 0 aliphatic carbocycles. The van der Waals surface area contributed by atoms with Gasteiger partial charge in [0, 0.05) is 20.8 Å². The third-order valence-corrected chi connectivity index (χ3v) is 1.27. The zero-order valence-electron chi connectivity index (χ0n) is 9.51. The number of carbonyl (C=O) groups excluding carboxylic acids is 3. The smallest absolute Gasteiger partial charge is 0.434 e. The van der Waals surface area contributed by atoms with Crippen LogP contribution in [0.1, 0.15) is 27.2 Å². The zero-order valence-corrected chi connectivity index (χ0v) is 9.51. The van der Waals surface area contributed by atoms with E-state index in [1.165, 1.54) is 0 Å². The monoisotopic (exact) mass is 248 g/mol. The predicted molar refractivity (Wildman–Crippen MR) is 50.3 cm³/mol. The van der Waals surface area contributed by atoms with Gasteiger partial charge in [0.1, 0.15) is 0 Å². The van der Waals surface area contributed by atoms with Crippen LogP contribution in [0, 0.1) is 0 Å². The summed E-state index contributed by atoms with van der Waals surface area (Å²) in [6, 6.07) is 0. The average Bonchev–Trinajstić information content (AvgIpc) is 1.95. The first-order valence-corrected chi connectivity index (χ1v) is 4.47. The van der Waals surface area contributed by atoms with Gasteiger partial charge in [-0.05, 0) is 0 Å². The highest BCUT2D eigenvalue weighted by atomic mass is 16.9. The fourth-order valence-electron chi connectivity index (χ4n) is 1.01. The summed E-state index contributed by atoms with van der Waals surface area (Å²) in [6.07, 6.45) is -1.01. The van der Waals surface area contributed by atoms with Gasteiger partial charge in [-0.25, -0.2) is 0 Å². The van der Waals surface area contributed by atoms with Gasteiger partial charge in [0.15, 0.2) is 6.42 Å². The summed E-state index contributed by atoms with van der Waals surface area (Å²) in [5.74, 6) is -6.93. The molecule has 0 bridgehead atoms. The highest BCUT2D eigenvalue weighted by Crippen LogP contribution is 2.21. The highest BCUT2D eigenvalue weighted by Gasteiger charge is 2.44. The van der Waals surface area contributed by atoms with Crippen LogP contribution >= 0.6 is 0 Å². The van der Waals surface area contributed by atoms with E-state index in [2.05, 4.69) is 14.2 Å². The number of carboxylic acids is 1. The Balaban J connectivity index is 5.16. The van der Waals surface area contributed by atoms with E-state index in [-0.39, 0.29) is 0 Å². The Labute approximate surface area is 96.4 Å². The maximum atomic E-state index is 10.8. The van der Waals surface area contributed by atoms with Crippen molar-refractivity contribution in [2.75, 3.05) is 0 Å². The fraction of sp³-hybridized carbons (Fsp3) is 0.556. The lowest BCUT2D eigenvalue weighted by molar-refractivity contribution is -0.327. The van der Waals surface area contributed by atoms with Crippen LogP contribution < -0.4 is 0 Å². The number of carbonyl (C=O) groups is 4. The predicted octanol–water partition coefficient (Wildman–Crippen LogP) is -0.196. The van der Waals surface area contributed by atoms with Crippen molar-refractivity contribution in [1.29, 1.82) is 0 Å². The first-order valence-electron chi connectivity index (χ1n) is 4.47. The zero-order chi connectivity index (χ0) is 13.6. The summed E-state index contributed by atoms with van der Waals surface area (Å²) in [4.78, 5) is 43.0. The molecule has 17 heavy (non-hydrogen) atoms. The molecule has 0 unspecified atom stereocenters. The van der Waals surface area contributed by atoms with E-state index >= 15 is 0 Å². The first kappa shape index (κ1) is 14.9. The van der Waals surface area contributed by atoms with Crippen molar-refractivity contribution in [1.82, 2.24) is 0 Å².